The van der Waals surface area contributed by atoms with Crippen molar-refractivity contribution in [2.75, 3.05) is 7.05 Å². The van der Waals surface area contributed by atoms with E-state index in [1.165, 1.54) is 0 Å². The average Bonchev–Trinajstić information content (AvgIpc) is 2.27. The Morgan fingerprint density at radius 3 is 2.81 bits per heavy atom. The smallest absolute Gasteiger partial charge is 0.329 e. The fraction of sp³-hybridized carbons (Fsp3) is 0.222. The normalized spacial score (nSPS) is 11.9. The monoisotopic (exact) mass is 305 g/mol. The Morgan fingerprint density at radius 2 is 2.38 bits per heavy atom. The van der Waals surface area contributed by atoms with E-state index in [1.54, 1.807) is 25.4 Å². The van der Waals surface area contributed by atoms with Crippen LogP contribution in [0.25, 0.3) is 0 Å². The van der Waals surface area contributed by atoms with Crippen LogP contribution < -0.4 is 5.32 Å². The molecular weight excluding hydrogens is 297 g/mol. The fourth-order valence-electron chi connectivity index (χ4n) is 1.09. The quantitative estimate of drug-likeness (QED) is 0.401. The van der Waals surface area contributed by atoms with Gasteiger partial charge in [0, 0.05) is 35.6 Å². The Bertz CT molecular complexity index is 419. The minimum absolute atomic E-state index is 0.0787. The first-order chi connectivity index (χ1) is 7.54. The Morgan fingerprint density at radius 1 is 1.69 bits per heavy atom. The molecule has 0 radical (unpaired) electrons. The van der Waals surface area contributed by atoms with Crippen molar-refractivity contribution in [2.45, 2.75) is 6.42 Å². The van der Waals surface area contributed by atoms with Crippen molar-refractivity contribution in [1.29, 1.82) is 0 Å². The number of likely N-dealkylation sites (N-methyl/N-ethyl adjacent to an activating group) is 1. The van der Waals surface area contributed by atoms with Crippen molar-refractivity contribution in [3.8, 4) is 0 Å². The average molecular weight is 307 g/mol. The molecule has 1 N–H and O–H groups in total. The van der Waals surface area contributed by atoms with Crippen molar-refractivity contribution >= 4 is 27.5 Å². The first kappa shape index (κ1) is 12.9. The zero-order valence-electron chi connectivity index (χ0n) is 8.41. The van der Waals surface area contributed by atoms with Gasteiger partial charge in [0.25, 0.3) is 0 Å². The van der Waals surface area contributed by atoms with Crippen LogP contribution >= 0.6 is 27.5 Å². The lowest BCUT2D eigenvalue weighted by molar-refractivity contribution is -0.410. The minimum Gasteiger partial charge on any atom is -0.385 e. The molecule has 0 unspecified atom stereocenters. The van der Waals surface area contributed by atoms with Gasteiger partial charge in [-0.3, -0.25) is 10.1 Å². The number of aromatic nitrogens is 1. The molecule has 7 heteroatoms. The molecule has 0 atom stereocenters. The molecule has 0 aliphatic carbocycles. The third kappa shape index (κ3) is 3.46. The second-order valence-corrected chi connectivity index (χ2v) is 4.08. The molecule has 1 heterocycles. The van der Waals surface area contributed by atoms with Gasteiger partial charge in [-0.1, -0.05) is 17.7 Å². The van der Waals surface area contributed by atoms with Crippen LogP contribution in [0, 0.1) is 10.1 Å². The molecule has 0 aliphatic heterocycles. The number of nitrogens with zero attached hydrogens (tertiary/aromatic N) is 2. The Labute approximate surface area is 106 Å². The van der Waals surface area contributed by atoms with Crippen LogP contribution in [-0.2, 0) is 6.42 Å². The summed E-state index contributed by atoms with van der Waals surface area (Å²) < 4.78 is -0.0787. The molecular formula is C9H9BrClN3O2. The van der Waals surface area contributed by atoms with E-state index >= 15 is 0 Å². The van der Waals surface area contributed by atoms with Gasteiger partial charge in [-0.15, -0.1) is 0 Å². The van der Waals surface area contributed by atoms with Crippen LogP contribution in [0.2, 0.25) is 5.15 Å². The zero-order valence-corrected chi connectivity index (χ0v) is 10.7. The highest BCUT2D eigenvalue weighted by Gasteiger charge is 2.14. The number of pyridine rings is 1. The molecule has 0 fully saturated rings. The molecule has 0 saturated heterocycles. The number of rotatable bonds is 4. The van der Waals surface area contributed by atoms with Crippen molar-refractivity contribution in [3.05, 3.63) is 49.5 Å². The lowest BCUT2D eigenvalue weighted by Crippen LogP contribution is -2.13. The van der Waals surface area contributed by atoms with E-state index in [9.17, 15) is 10.1 Å². The largest absolute Gasteiger partial charge is 0.385 e. The Kier molecular flexibility index (Phi) is 4.70. The van der Waals surface area contributed by atoms with Crippen LogP contribution in [0.4, 0.5) is 0 Å². The van der Waals surface area contributed by atoms with E-state index in [1.807, 2.05) is 0 Å². The molecule has 0 aromatic carbocycles. The van der Waals surface area contributed by atoms with Crippen LogP contribution in [0.15, 0.2) is 28.6 Å². The topological polar surface area (TPSA) is 68.1 Å². The van der Waals surface area contributed by atoms with Crippen molar-refractivity contribution in [3.63, 3.8) is 0 Å². The summed E-state index contributed by atoms with van der Waals surface area (Å²) in [7, 11) is 1.63. The lowest BCUT2D eigenvalue weighted by Gasteiger charge is -2.05. The molecule has 16 heavy (non-hydrogen) atoms. The lowest BCUT2D eigenvalue weighted by atomic mass is 10.2. The highest BCUT2D eigenvalue weighted by Crippen LogP contribution is 2.15. The number of halogens is 2. The van der Waals surface area contributed by atoms with E-state index in [4.69, 9.17) is 11.6 Å². The van der Waals surface area contributed by atoms with E-state index in [2.05, 4.69) is 26.2 Å². The molecule has 0 aliphatic rings. The molecule has 0 spiro atoms. The first-order valence-electron chi connectivity index (χ1n) is 4.35. The maximum absolute atomic E-state index is 10.6. The summed E-state index contributed by atoms with van der Waals surface area (Å²) in [5.74, 6) is 0. The summed E-state index contributed by atoms with van der Waals surface area (Å²) >= 11 is 8.55. The SMILES string of the molecule is CN/C(Cc1ccc(Cl)nc1)=C(/Br)[N+](=O)[O-]. The van der Waals surface area contributed by atoms with Crippen molar-refractivity contribution in [2.24, 2.45) is 0 Å². The molecule has 1 rings (SSSR count). The van der Waals surface area contributed by atoms with Crippen LogP contribution in [0.1, 0.15) is 5.56 Å². The molecule has 5 nitrogen and oxygen atoms in total. The van der Waals surface area contributed by atoms with Crippen LogP contribution in [0.5, 0.6) is 0 Å². The van der Waals surface area contributed by atoms with Gasteiger partial charge in [0.1, 0.15) is 10.9 Å². The number of allylic oxidation sites excluding steroid dienone is 1. The summed E-state index contributed by atoms with van der Waals surface area (Å²) in [5.41, 5.74) is 1.32. The standard InChI is InChI=1S/C9H9BrClN3O2/c1-12-7(9(10)14(15)16)4-6-2-3-8(11)13-5-6/h2-3,5,12H,4H2,1H3/b9-7-. The van der Waals surface area contributed by atoms with Gasteiger partial charge in [-0.25, -0.2) is 4.98 Å². The zero-order chi connectivity index (χ0) is 12.1. The fourth-order valence-corrected chi connectivity index (χ4v) is 1.54. The molecule has 1 aromatic heterocycles. The van der Waals surface area contributed by atoms with Gasteiger partial charge in [0.2, 0.25) is 0 Å². The maximum Gasteiger partial charge on any atom is 0.329 e. The number of hydrogen-bond donors (Lipinski definition) is 1. The second-order valence-electron chi connectivity index (χ2n) is 2.94. The Balaban J connectivity index is 2.90. The molecule has 0 amide bonds. The van der Waals surface area contributed by atoms with E-state index < -0.39 is 4.92 Å². The number of hydrogen-bond acceptors (Lipinski definition) is 4. The van der Waals surface area contributed by atoms with Gasteiger partial charge >= 0.3 is 4.61 Å². The summed E-state index contributed by atoms with van der Waals surface area (Å²) in [4.78, 5) is 14.0. The van der Waals surface area contributed by atoms with Gasteiger partial charge in [-0.05, 0) is 11.6 Å². The van der Waals surface area contributed by atoms with Crippen molar-refractivity contribution < 1.29 is 4.92 Å². The van der Waals surface area contributed by atoms with Gasteiger partial charge in [-0.2, -0.15) is 0 Å². The molecule has 86 valence electrons. The molecule has 0 saturated carbocycles. The summed E-state index contributed by atoms with van der Waals surface area (Å²) in [5, 5.41) is 13.7. The van der Waals surface area contributed by atoms with E-state index in [0.29, 0.717) is 17.3 Å². The second kappa shape index (κ2) is 5.81. The number of nitro groups is 1. The van der Waals surface area contributed by atoms with Gasteiger partial charge in [0.05, 0.1) is 4.92 Å². The van der Waals surface area contributed by atoms with Crippen LogP contribution in [-0.4, -0.2) is 17.0 Å². The molecule has 0 bridgehead atoms. The van der Waals surface area contributed by atoms with Crippen LogP contribution in [0.3, 0.4) is 0 Å². The van der Waals surface area contributed by atoms with E-state index in [0.717, 1.165) is 5.56 Å². The third-order valence-electron chi connectivity index (χ3n) is 1.88. The third-order valence-corrected chi connectivity index (χ3v) is 2.87. The van der Waals surface area contributed by atoms with E-state index in [-0.39, 0.29) is 4.61 Å². The summed E-state index contributed by atoms with van der Waals surface area (Å²) in [6.45, 7) is 0. The highest BCUT2D eigenvalue weighted by atomic mass is 79.9. The summed E-state index contributed by atoms with van der Waals surface area (Å²) in [6, 6.07) is 3.41. The minimum atomic E-state index is -0.491. The van der Waals surface area contributed by atoms with Gasteiger partial charge < -0.3 is 5.32 Å². The molecule has 1 aromatic rings. The Hall–Kier alpha value is -1.14. The first-order valence-corrected chi connectivity index (χ1v) is 5.53. The number of nitrogens with one attached hydrogen (secondary N) is 1. The van der Waals surface area contributed by atoms with Gasteiger partial charge in [0.15, 0.2) is 0 Å². The predicted octanol–water partition coefficient (Wildman–Crippen LogP) is 2.34. The highest BCUT2D eigenvalue weighted by molar-refractivity contribution is 9.11. The van der Waals surface area contributed by atoms with Crippen molar-refractivity contribution in [1.82, 2.24) is 10.3 Å². The maximum atomic E-state index is 10.6. The predicted molar refractivity (Wildman–Crippen MR) is 65.0 cm³/mol. The summed E-state index contributed by atoms with van der Waals surface area (Å²) in [6.07, 6.45) is 1.97.